The highest BCUT2D eigenvalue weighted by Crippen LogP contribution is 2.48. The largest absolute Gasteiger partial charge is 0.276 e. The molecule has 3 nitrogen and oxygen atoms in total. The van der Waals surface area contributed by atoms with Crippen LogP contribution in [0, 0.1) is 0 Å². The van der Waals surface area contributed by atoms with Crippen molar-refractivity contribution in [1.82, 2.24) is 14.5 Å². The van der Waals surface area contributed by atoms with E-state index < -0.39 is 0 Å². The van der Waals surface area contributed by atoms with Crippen molar-refractivity contribution in [2.75, 3.05) is 0 Å². The van der Waals surface area contributed by atoms with E-state index in [-0.39, 0.29) is 0 Å². The standard InChI is InChI=1S/C40H23N3S2/c1-3-11-24(12-4-1)26-21-27-23-41-40(42-36(27)32(22-26)25-13-5-2-6-14-25)43-33-17-9-7-15-28(33)29-19-20-31-35-30-16-8-10-18-34(30)44-39(35)45-38(31)37(29)43/h1-23H. The maximum absolute atomic E-state index is 5.39. The first kappa shape index (κ1) is 25.0. The van der Waals surface area contributed by atoms with Gasteiger partial charge in [-0.15, -0.1) is 22.7 Å². The van der Waals surface area contributed by atoms with Crippen molar-refractivity contribution in [3.8, 4) is 28.2 Å². The van der Waals surface area contributed by atoms with Crippen molar-refractivity contribution in [2.45, 2.75) is 0 Å². The SMILES string of the molecule is c1ccc(-c2cc(-c3ccccc3)c3nc(-n4c5ccccc5c5ccc6c(sc7sc8ccccc8c76)c54)ncc3c2)cc1. The molecule has 6 aromatic carbocycles. The molecule has 0 amide bonds. The molecular formula is C40H23N3S2. The Hall–Kier alpha value is -5.36. The first-order valence-corrected chi connectivity index (χ1v) is 16.6. The molecule has 0 atom stereocenters. The van der Waals surface area contributed by atoms with Crippen LogP contribution in [0.1, 0.15) is 0 Å². The van der Waals surface area contributed by atoms with Gasteiger partial charge in [-0.2, -0.15) is 0 Å². The van der Waals surface area contributed by atoms with Gasteiger partial charge in [0.25, 0.3) is 0 Å². The summed E-state index contributed by atoms with van der Waals surface area (Å²) in [6.07, 6.45) is 2.00. The molecule has 0 unspecified atom stereocenters. The molecule has 0 N–H and O–H groups in total. The number of hydrogen-bond acceptors (Lipinski definition) is 4. The Bertz CT molecular complexity index is 2750. The normalized spacial score (nSPS) is 12.0. The zero-order valence-corrected chi connectivity index (χ0v) is 25.6. The Balaban J connectivity index is 1.30. The molecule has 0 radical (unpaired) electrons. The van der Waals surface area contributed by atoms with Crippen molar-refractivity contribution in [2.24, 2.45) is 0 Å². The summed E-state index contributed by atoms with van der Waals surface area (Å²) in [5, 5.41) is 7.43. The fourth-order valence-corrected chi connectivity index (χ4v) is 9.58. The Labute approximate surface area is 266 Å². The van der Waals surface area contributed by atoms with Crippen molar-refractivity contribution in [3.63, 3.8) is 0 Å². The second-order valence-corrected chi connectivity index (χ2v) is 13.7. The highest BCUT2D eigenvalue weighted by Gasteiger charge is 2.21. The fraction of sp³-hybridized carbons (Fsp3) is 0. The molecule has 10 aromatic rings. The molecule has 0 bridgehead atoms. The molecule has 0 spiro atoms. The lowest BCUT2D eigenvalue weighted by molar-refractivity contribution is 1.01. The van der Waals surface area contributed by atoms with Crippen LogP contribution in [-0.2, 0) is 0 Å². The summed E-state index contributed by atoms with van der Waals surface area (Å²) < 4.78 is 6.26. The number of para-hydroxylation sites is 1. The summed E-state index contributed by atoms with van der Waals surface area (Å²) in [4.78, 5) is 10.5. The molecule has 0 saturated carbocycles. The van der Waals surface area contributed by atoms with Crippen LogP contribution in [-0.4, -0.2) is 14.5 Å². The smallest absolute Gasteiger partial charge is 0.235 e. The van der Waals surface area contributed by atoms with Gasteiger partial charge >= 0.3 is 0 Å². The highest BCUT2D eigenvalue weighted by molar-refractivity contribution is 7.45. The third kappa shape index (κ3) is 3.69. The molecule has 5 heteroatoms. The van der Waals surface area contributed by atoms with E-state index in [2.05, 4.69) is 138 Å². The molecule has 4 heterocycles. The molecule has 10 rings (SSSR count). The zero-order valence-electron chi connectivity index (χ0n) is 23.9. The van der Waals surface area contributed by atoms with Crippen LogP contribution in [0.5, 0.6) is 0 Å². The van der Waals surface area contributed by atoms with Gasteiger partial charge in [0, 0.05) is 48.8 Å². The fourth-order valence-electron chi connectivity index (χ4n) is 6.86. The predicted octanol–water partition coefficient (Wildman–Crippen LogP) is 11.6. The van der Waals surface area contributed by atoms with Crippen LogP contribution in [0.3, 0.4) is 0 Å². The quantitative estimate of drug-likeness (QED) is 0.199. The topological polar surface area (TPSA) is 30.7 Å². The second kappa shape index (κ2) is 9.57. The van der Waals surface area contributed by atoms with Crippen molar-refractivity contribution >= 4 is 85.0 Å². The lowest BCUT2D eigenvalue weighted by atomic mass is 9.96. The van der Waals surface area contributed by atoms with Crippen molar-refractivity contribution < 1.29 is 0 Å². The van der Waals surface area contributed by atoms with E-state index in [0.29, 0.717) is 5.95 Å². The van der Waals surface area contributed by atoms with Crippen LogP contribution in [0.2, 0.25) is 0 Å². The minimum Gasteiger partial charge on any atom is -0.276 e. The van der Waals surface area contributed by atoms with E-state index in [1.54, 1.807) is 0 Å². The highest BCUT2D eigenvalue weighted by atomic mass is 32.2. The molecule has 45 heavy (non-hydrogen) atoms. The third-order valence-electron chi connectivity index (χ3n) is 8.88. The number of aromatic nitrogens is 3. The van der Waals surface area contributed by atoms with Gasteiger partial charge in [-0.1, -0.05) is 109 Å². The Kier molecular flexibility index (Phi) is 5.32. The second-order valence-electron chi connectivity index (χ2n) is 11.4. The summed E-state index contributed by atoms with van der Waals surface area (Å²) in [7, 11) is 0. The molecule has 0 fully saturated rings. The van der Waals surface area contributed by atoms with E-state index in [9.17, 15) is 0 Å². The average Bonchev–Trinajstić information content (AvgIpc) is 3.76. The molecule has 210 valence electrons. The van der Waals surface area contributed by atoms with Crippen LogP contribution in [0.15, 0.2) is 140 Å². The van der Waals surface area contributed by atoms with Gasteiger partial charge < -0.3 is 0 Å². The number of nitrogens with zero attached hydrogens (tertiary/aromatic N) is 3. The first-order valence-electron chi connectivity index (χ1n) is 15.0. The lowest BCUT2D eigenvalue weighted by Gasteiger charge is -2.13. The number of rotatable bonds is 3. The van der Waals surface area contributed by atoms with Crippen LogP contribution in [0.4, 0.5) is 0 Å². The molecule has 0 saturated heterocycles. The predicted molar refractivity (Wildman–Crippen MR) is 193 cm³/mol. The van der Waals surface area contributed by atoms with Gasteiger partial charge in [0.2, 0.25) is 5.95 Å². The first-order chi connectivity index (χ1) is 22.3. The van der Waals surface area contributed by atoms with Gasteiger partial charge in [0.05, 0.1) is 25.3 Å². The van der Waals surface area contributed by atoms with Crippen LogP contribution in [0.25, 0.3) is 90.5 Å². The van der Waals surface area contributed by atoms with E-state index in [0.717, 1.165) is 33.1 Å². The number of benzene rings is 6. The number of hydrogen-bond donors (Lipinski definition) is 0. The van der Waals surface area contributed by atoms with Crippen LogP contribution >= 0.6 is 22.7 Å². The molecule has 0 aliphatic rings. The van der Waals surface area contributed by atoms with Gasteiger partial charge in [0.1, 0.15) is 0 Å². The average molecular weight is 610 g/mol. The molecular weight excluding hydrogens is 587 g/mol. The van der Waals surface area contributed by atoms with Gasteiger partial charge in [-0.05, 0) is 41.0 Å². The summed E-state index contributed by atoms with van der Waals surface area (Å²) in [5.74, 6) is 0.687. The van der Waals surface area contributed by atoms with Crippen molar-refractivity contribution in [1.29, 1.82) is 0 Å². The van der Waals surface area contributed by atoms with Gasteiger partial charge in [-0.3, -0.25) is 4.57 Å². The minimum absolute atomic E-state index is 0.687. The third-order valence-corrected chi connectivity index (χ3v) is 11.4. The number of thiophene rings is 2. The summed E-state index contributed by atoms with van der Waals surface area (Å²) in [5.41, 5.74) is 7.81. The van der Waals surface area contributed by atoms with Crippen molar-refractivity contribution in [3.05, 3.63) is 140 Å². The number of fused-ring (bicyclic) bond motifs is 10. The van der Waals surface area contributed by atoms with E-state index in [4.69, 9.17) is 9.97 Å². The van der Waals surface area contributed by atoms with E-state index in [1.165, 1.54) is 51.4 Å². The Morgan fingerprint density at radius 1 is 0.556 bits per heavy atom. The van der Waals surface area contributed by atoms with E-state index >= 15 is 0 Å². The lowest BCUT2D eigenvalue weighted by Crippen LogP contribution is -2.02. The summed E-state index contributed by atoms with van der Waals surface area (Å²) in [6.45, 7) is 0. The molecule has 0 aliphatic heterocycles. The zero-order chi connectivity index (χ0) is 29.5. The Morgan fingerprint density at radius 2 is 1.27 bits per heavy atom. The van der Waals surface area contributed by atoms with Gasteiger partial charge in [0.15, 0.2) is 0 Å². The monoisotopic (exact) mass is 609 g/mol. The maximum Gasteiger partial charge on any atom is 0.235 e. The van der Waals surface area contributed by atoms with Gasteiger partial charge in [-0.25, -0.2) is 9.97 Å². The summed E-state index contributed by atoms with van der Waals surface area (Å²) >= 11 is 3.77. The maximum atomic E-state index is 5.39. The minimum atomic E-state index is 0.687. The molecule has 0 aliphatic carbocycles. The Morgan fingerprint density at radius 3 is 2.11 bits per heavy atom. The summed E-state index contributed by atoms with van der Waals surface area (Å²) in [6, 6.07) is 47.6. The van der Waals surface area contributed by atoms with Crippen LogP contribution < -0.4 is 0 Å². The van der Waals surface area contributed by atoms with E-state index in [1.807, 2.05) is 28.9 Å². The molecule has 4 aromatic heterocycles.